The van der Waals surface area contributed by atoms with Crippen LogP contribution < -0.4 is 15.4 Å². The highest BCUT2D eigenvalue weighted by Gasteiger charge is 2.11. The third-order valence-electron chi connectivity index (χ3n) is 3.71. The summed E-state index contributed by atoms with van der Waals surface area (Å²) in [5.41, 5.74) is 1.05. The van der Waals surface area contributed by atoms with Crippen LogP contribution in [0.25, 0.3) is 0 Å². The molecule has 0 bridgehead atoms. The Labute approximate surface area is 154 Å². The number of rotatable bonds is 8. The second kappa shape index (κ2) is 10.6. The number of pyridine rings is 1. The summed E-state index contributed by atoms with van der Waals surface area (Å²) in [5, 5.41) is 7.21. The third kappa shape index (κ3) is 6.63. The van der Waals surface area contributed by atoms with Crippen LogP contribution in [0, 0.1) is 0 Å². The van der Waals surface area contributed by atoms with Gasteiger partial charge in [0.25, 0.3) is 0 Å². The number of nitrogens with zero attached hydrogens (tertiary/aromatic N) is 2. The fourth-order valence-corrected chi connectivity index (χ4v) is 2.46. The highest BCUT2D eigenvalue weighted by Crippen LogP contribution is 2.24. The van der Waals surface area contributed by atoms with Crippen molar-refractivity contribution < 1.29 is 4.74 Å². The van der Waals surface area contributed by atoms with Crippen molar-refractivity contribution in [2.45, 2.75) is 25.9 Å². The average molecular weight is 361 g/mol. The van der Waals surface area contributed by atoms with Gasteiger partial charge >= 0.3 is 0 Å². The molecular weight excluding hydrogens is 336 g/mol. The molecule has 0 aliphatic rings. The van der Waals surface area contributed by atoms with E-state index in [4.69, 9.17) is 16.3 Å². The second-order valence-electron chi connectivity index (χ2n) is 5.53. The van der Waals surface area contributed by atoms with Gasteiger partial charge in [-0.15, -0.1) is 0 Å². The van der Waals surface area contributed by atoms with Gasteiger partial charge in [-0.25, -0.2) is 0 Å². The molecule has 1 aromatic heterocycles. The van der Waals surface area contributed by atoms with Gasteiger partial charge in [0.1, 0.15) is 11.9 Å². The number of ether oxygens (including phenoxy) is 1. The zero-order valence-electron chi connectivity index (χ0n) is 14.7. The zero-order chi connectivity index (χ0) is 17.9. The van der Waals surface area contributed by atoms with E-state index in [1.54, 1.807) is 13.2 Å². The minimum Gasteiger partial charge on any atom is -0.487 e. The summed E-state index contributed by atoms with van der Waals surface area (Å²) in [6, 6.07) is 13.4. The van der Waals surface area contributed by atoms with Crippen molar-refractivity contribution in [2.24, 2.45) is 4.99 Å². The van der Waals surface area contributed by atoms with Gasteiger partial charge in [0.05, 0.1) is 11.6 Å². The standard InChI is InChI=1S/C19H25ClN4O/c1-3-16(25-18-10-5-4-9-17(18)20)14-24-19(21-2)23-13-11-15-8-6-7-12-22-15/h4-10,12,16H,3,11,13-14H2,1-2H3,(H2,21,23,24). The lowest BCUT2D eigenvalue weighted by Crippen LogP contribution is -2.43. The molecular formula is C19H25ClN4O. The van der Waals surface area contributed by atoms with Crippen LogP contribution in [-0.2, 0) is 6.42 Å². The van der Waals surface area contributed by atoms with E-state index in [0.717, 1.165) is 31.0 Å². The Hall–Kier alpha value is -2.27. The Balaban J connectivity index is 1.77. The maximum atomic E-state index is 6.15. The minimum atomic E-state index is 0.00856. The lowest BCUT2D eigenvalue weighted by atomic mass is 10.2. The molecule has 0 aliphatic carbocycles. The molecule has 25 heavy (non-hydrogen) atoms. The van der Waals surface area contributed by atoms with Crippen molar-refractivity contribution in [1.82, 2.24) is 15.6 Å². The summed E-state index contributed by atoms with van der Waals surface area (Å²) < 4.78 is 5.98. The van der Waals surface area contributed by atoms with Gasteiger partial charge in [0, 0.05) is 31.9 Å². The van der Waals surface area contributed by atoms with Crippen LogP contribution in [0.2, 0.25) is 5.02 Å². The van der Waals surface area contributed by atoms with Crippen LogP contribution >= 0.6 is 11.6 Å². The van der Waals surface area contributed by atoms with E-state index in [1.165, 1.54) is 0 Å². The van der Waals surface area contributed by atoms with Gasteiger partial charge < -0.3 is 15.4 Å². The topological polar surface area (TPSA) is 58.5 Å². The van der Waals surface area contributed by atoms with Crippen molar-refractivity contribution in [3.05, 3.63) is 59.4 Å². The molecule has 0 spiro atoms. The van der Waals surface area contributed by atoms with Gasteiger partial charge in [0.2, 0.25) is 0 Å². The number of aromatic nitrogens is 1. The maximum absolute atomic E-state index is 6.15. The molecule has 0 amide bonds. The first-order chi connectivity index (χ1) is 12.2. The van der Waals surface area contributed by atoms with Crippen molar-refractivity contribution in [2.75, 3.05) is 20.1 Å². The van der Waals surface area contributed by atoms with Crippen LogP contribution in [-0.4, -0.2) is 37.2 Å². The van der Waals surface area contributed by atoms with E-state index in [-0.39, 0.29) is 6.10 Å². The number of benzene rings is 1. The van der Waals surface area contributed by atoms with E-state index in [9.17, 15) is 0 Å². The monoisotopic (exact) mass is 360 g/mol. The van der Waals surface area contributed by atoms with Gasteiger partial charge in [-0.1, -0.05) is 36.7 Å². The number of halogens is 1. The Bertz CT molecular complexity index is 663. The number of para-hydroxylation sites is 1. The minimum absolute atomic E-state index is 0.00856. The predicted octanol–water partition coefficient (Wildman–Crippen LogP) is 3.30. The molecule has 0 aliphatic heterocycles. The molecule has 2 aromatic rings. The van der Waals surface area contributed by atoms with Crippen LogP contribution in [0.5, 0.6) is 5.75 Å². The summed E-state index contributed by atoms with van der Waals surface area (Å²) in [6.45, 7) is 3.49. The Morgan fingerprint density at radius 1 is 1.20 bits per heavy atom. The molecule has 1 aromatic carbocycles. The number of hydrogen-bond acceptors (Lipinski definition) is 3. The number of hydrogen-bond donors (Lipinski definition) is 2. The number of aliphatic imine (C=N–C) groups is 1. The van der Waals surface area contributed by atoms with Gasteiger partial charge in [0.15, 0.2) is 5.96 Å². The fraction of sp³-hybridized carbons (Fsp3) is 0.368. The second-order valence-corrected chi connectivity index (χ2v) is 5.94. The van der Waals surface area contributed by atoms with Gasteiger partial charge in [-0.2, -0.15) is 0 Å². The van der Waals surface area contributed by atoms with Crippen molar-refractivity contribution >= 4 is 17.6 Å². The molecule has 0 radical (unpaired) electrons. The van der Waals surface area contributed by atoms with Crippen LogP contribution in [0.4, 0.5) is 0 Å². The maximum Gasteiger partial charge on any atom is 0.191 e. The molecule has 0 fully saturated rings. The lowest BCUT2D eigenvalue weighted by Gasteiger charge is -2.20. The molecule has 0 saturated heterocycles. The third-order valence-corrected chi connectivity index (χ3v) is 4.02. The zero-order valence-corrected chi connectivity index (χ0v) is 15.5. The van der Waals surface area contributed by atoms with Crippen LogP contribution in [0.1, 0.15) is 19.0 Å². The Morgan fingerprint density at radius 3 is 2.68 bits per heavy atom. The highest BCUT2D eigenvalue weighted by molar-refractivity contribution is 6.32. The van der Waals surface area contributed by atoms with Crippen LogP contribution in [0.3, 0.4) is 0 Å². The van der Waals surface area contributed by atoms with Crippen LogP contribution in [0.15, 0.2) is 53.7 Å². The average Bonchev–Trinajstić information content (AvgIpc) is 2.65. The first kappa shape index (κ1) is 19.1. The van der Waals surface area contributed by atoms with E-state index in [1.807, 2.05) is 42.5 Å². The Kier molecular flexibility index (Phi) is 8.05. The summed E-state index contributed by atoms with van der Waals surface area (Å²) in [6.07, 6.45) is 3.52. The number of nitrogens with one attached hydrogen (secondary N) is 2. The van der Waals surface area contributed by atoms with Gasteiger partial charge in [-0.3, -0.25) is 9.98 Å². The Morgan fingerprint density at radius 2 is 2.00 bits per heavy atom. The normalized spacial score (nSPS) is 12.5. The summed E-state index contributed by atoms with van der Waals surface area (Å²) in [5.74, 6) is 1.45. The van der Waals surface area contributed by atoms with Crippen molar-refractivity contribution in [3.8, 4) is 5.75 Å². The molecule has 1 heterocycles. The number of guanidine groups is 1. The molecule has 134 valence electrons. The molecule has 2 rings (SSSR count). The quantitative estimate of drug-likeness (QED) is 0.560. The highest BCUT2D eigenvalue weighted by atomic mass is 35.5. The molecule has 5 nitrogen and oxygen atoms in total. The first-order valence-corrected chi connectivity index (χ1v) is 8.86. The van der Waals surface area contributed by atoms with E-state index >= 15 is 0 Å². The van der Waals surface area contributed by atoms with Crippen molar-refractivity contribution in [3.63, 3.8) is 0 Å². The molecule has 6 heteroatoms. The molecule has 1 atom stereocenters. The molecule has 2 N–H and O–H groups in total. The first-order valence-electron chi connectivity index (χ1n) is 8.48. The van der Waals surface area contributed by atoms with E-state index < -0.39 is 0 Å². The molecule has 0 saturated carbocycles. The smallest absolute Gasteiger partial charge is 0.191 e. The van der Waals surface area contributed by atoms with Crippen molar-refractivity contribution in [1.29, 1.82) is 0 Å². The summed E-state index contributed by atoms with van der Waals surface area (Å²) in [4.78, 5) is 8.55. The van der Waals surface area contributed by atoms with Gasteiger partial charge in [-0.05, 0) is 30.7 Å². The van der Waals surface area contributed by atoms with E-state index in [0.29, 0.717) is 17.3 Å². The fourth-order valence-electron chi connectivity index (χ4n) is 2.28. The summed E-state index contributed by atoms with van der Waals surface area (Å²) >= 11 is 6.15. The predicted molar refractivity (Wildman–Crippen MR) is 103 cm³/mol. The SMILES string of the molecule is CCC(CNC(=NC)NCCc1ccccn1)Oc1ccccc1Cl. The molecule has 1 unspecified atom stereocenters. The summed E-state index contributed by atoms with van der Waals surface area (Å²) in [7, 11) is 1.76. The van der Waals surface area contributed by atoms with E-state index in [2.05, 4.69) is 27.5 Å². The lowest BCUT2D eigenvalue weighted by molar-refractivity contribution is 0.199. The largest absolute Gasteiger partial charge is 0.487 e.